The fourth-order valence-electron chi connectivity index (χ4n) is 2.37. The van der Waals surface area contributed by atoms with Gasteiger partial charge in [-0.05, 0) is 42.0 Å². The normalized spacial score (nSPS) is 19.3. The molecule has 1 aromatic rings. The van der Waals surface area contributed by atoms with Gasteiger partial charge in [0.25, 0.3) is 0 Å². The lowest BCUT2D eigenvalue weighted by Crippen LogP contribution is -2.30. The number of nitrogen functional groups attached to an aromatic ring is 1. The molecule has 0 saturated carbocycles. The lowest BCUT2D eigenvalue weighted by atomic mass is 9.85. The van der Waals surface area contributed by atoms with Crippen molar-refractivity contribution in [1.82, 2.24) is 4.90 Å². The fraction of sp³-hybridized carbons (Fsp3) is 0.533. The molecule has 19 heavy (non-hydrogen) atoms. The van der Waals surface area contributed by atoms with Crippen molar-refractivity contribution in [1.29, 1.82) is 0 Å². The van der Waals surface area contributed by atoms with E-state index in [0.29, 0.717) is 23.7 Å². The Morgan fingerprint density at radius 1 is 1.37 bits per heavy atom. The summed E-state index contributed by atoms with van der Waals surface area (Å²) in [6.07, 6.45) is 2.60. The number of nitrogens with zero attached hydrogens (tertiary/aromatic N) is 1. The first-order chi connectivity index (χ1) is 8.87. The molecule has 1 aromatic carbocycles. The summed E-state index contributed by atoms with van der Waals surface area (Å²) in [5.41, 5.74) is 7.81. The van der Waals surface area contributed by atoms with Crippen molar-refractivity contribution in [3.63, 3.8) is 0 Å². The highest BCUT2D eigenvalue weighted by atomic mass is 35.5. The Morgan fingerprint density at radius 2 is 2.11 bits per heavy atom. The average molecular weight is 281 g/mol. The SMILES string of the molecule is CC1(C)CCC(=O)N(Cc2cc(Cl)ccc2N)CC1. The summed E-state index contributed by atoms with van der Waals surface area (Å²) >= 11 is 5.99. The molecule has 1 fully saturated rings. The largest absolute Gasteiger partial charge is 0.398 e. The molecular weight excluding hydrogens is 260 g/mol. The molecule has 4 heteroatoms. The first kappa shape index (κ1) is 14.2. The molecule has 0 radical (unpaired) electrons. The van der Waals surface area contributed by atoms with Gasteiger partial charge in [0.15, 0.2) is 0 Å². The molecule has 1 amide bonds. The van der Waals surface area contributed by atoms with E-state index in [9.17, 15) is 4.79 Å². The molecular formula is C15H21ClN2O. The van der Waals surface area contributed by atoms with Crippen LogP contribution in [-0.2, 0) is 11.3 Å². The van der Waals surface area contributed by atoms with Crippen molar-refractivity contribution >= 4 is 23.2 Å². The molecule has 1 aliphatic rings. The summed E-state index contributed by atoms with van der Waals surface area (Å²) in [6.45, 7) is 5.79. The van der Waals surface area contributed by atoms with Gasteiger partial charge in [-0.1, -0.05) is 25.4 Å². The molecule has 1 aliphatic heterocycles. The number of hydrogen-bond donors (Lipinski definition) is 1. The van der Waals surface area contributed by atoms with Crippen molar-refractivity contribution in [2.45, 2.75) is 39.7 Å². The van der Waals surface area contributed by atoms with Crippen LogP contribution < -0.4 is 5.73 Å². The van der Waals surface area contributed by atoms with Gasteiger partial charge in [0.2, 0.25) is 5.91 Å². The van der Waals surface area contributed by atoms with Gasteiger partial charge in [-0.2, -0.15) is 0 Å². The summed E-state index contributed by atoms with van der Waals surface area (Å²) in [4.78, 5) is 14.1. The van der Waals surface area contributed by atoms with Gasteiger partial charge in [0, 0.05) is 30.2 Å². The smallest absolute Gasteiger partial charge is 0.222 e. The monoisotopic (exact) mass is 280 g/mol. The zero-order chi connectivity index (χ0) is 14.0. The van der Waals surface area contributed by atoms with Gasteiger partial charge in [-0.3, -0.25) is 4.79 Å². The average Bonchev–Trinajstić information content (AvgIpc) is 2.47. The molecule has 1 saturated heterocycles. The van der Waals surface area contributed by atoms with E-state index in [0.717, 1.165) is 24.9 Å². The maximum atomic E-state index is 12.2. The van der Waals surface area contributed by atoms with Crippen LogP contribution >= 0.6 is 11.6 Å². The van der Waals surface area contributed by atoms with Gasteiger partial charge >= 0.3 is 0 Å². The highest BCUT2D eigenvalue weighted by Gasteiger charge is 2.27. The standard InChI is InChI=1S/C15H21ClN2O/c1-15(2)6-5-14(19)18(8-7-15)10-11-9-12(16)3-4-13(11)17/h3-4,9H,5-8,10,17H2,1-2H3. The molecule has 104 valence electrons. The van der Waals surface area contributed by atoms with E-state index < -0.39 is 0 Å². The second kappa shape index (κ2) is 5.41. The minimum absolute atomic E-state index is 0.213. The summed E-state index contributed by atoms with van der Waals surface area (Å²) in [6, 6.07) is 5.41. The minimum atomic E-state index is 0.213. The lowest BCUT2D eigenvalue weighted by Gasteiger charge is -2.24. The van der Waals surface area contributed by atoms with Crippen molar-refractivity contribution in [3.05, 3.63) is 28.8 Å². The van der Waals surface area contributed by atoms with E-state index in [4.69, 9.17) is 17.3 Å². The van der Waals surface area contributed by atoms with E-state index in [2.05, 4.69) is 13.8 Å². The van der Waals surface area contributed by atoms with Crippen LogP contribution in [0, 0.1) is 5.41 Å². The molecule has 0 aromatic heterocycles. The first-order valence-electron chi connectivity index (χ1n) is 6.69. The Kier molecular flexibility index (Phi) is 4.04. The third-order valence-electron chi connectivity index (χ3n) is 3.89. The first-order valence-corrected chi connectivity index (χ1v) is 7.07. The summed E-state index contributed by atoms with van der Waals surface area (Å²) in [5.74, 6) is 0.213. The van der Waals surface area contributed by atoms with Crippen molar-refractivity contribution < 1.29 is 4.79 Å². The molecule has 0 bridgehead atoms. The second-order valence-electron chi connectivity index (χ2n) is 6.07. The lowest BCUT2D eigenvalue weighted by molar-refractivity contribution is -0.131. The zero-order valence-corrected chi connectivity index (χ0v) is 12.3. The van der Waals surface area contributed by atoms with E-state index in [1.165, 1.54) is 0 Å². The molecule has 3 nitrogen and oxygen atoms in total. The Morgan fingerprint density at radius 3 is 2.84 bits per heavy atom. The molecule has 0 aliphatic carbocycles. The Balaban J connectivity index is 2.13. The van der Waals surface area contributed by atoms with Gasteiger partial charge in [0.05, 0.1) is 0 Å². The van der Waals surface area contributed by atoms with Gasteiger partial charge < -0.3 is 10.6 Å². The van der Waals surface area contributed by atoms with Crippen LogP contribution in [0.4, 0.5) is 5.69 Å². The van der Waals surface area contributed by atoms with Crippen molar-refractivity contribution in [3.8, 4) is 0 Å². The van der Waals surface area contributed by atoms with E-state index in [1.807, 2.05) is 11.0 Å². The number of benzene rings is 1. The molecule has 0 atom stereocenters. The van der Waals surface area contributed by atoms with E-state index >= 15 is 0 Å². The number of anilines is 1. The number of rotatable bonds is 2. The number of halogens is 1. The molecule has 2 rings (SSSR count). The summed E-state index contributed by atoms with van der Waals surface area (Å²) in [5, 5.41) is 0.659. The quantitative estimate of drug-likeness (QED) is 0.843. The summed E-state index contributed by atoms with van der Waals surface area (Å²) in [7, 11) is 0. The van der Waals surface area contributed by atoms with Crippen molar-refractivity contribution in [2.24, 2.45) is 5.41 Å². The van der Waals surface area contributed by atoms with Gasteiger partial charge in [0.1, 0.15) is 0 Å². The van der Waals surface area contributed by atoms with Crippen LogP contribution in [0.3, 0.4) is 0 Å². The summed E-state index contributed by atoms with van der Waals surface area (Å²) < 4.78 is 0. The predicted octanol–water partition coefficient (Wildman–Crippen LogP) is 3.46. The topological polar surface area (TPSA) is 46.3 Å². The minimum Gasteiger partial charge on any atom is -0.398 e. The number of amides is 1. The van der Waals surface area contributed by atoms with Crippen LogP contribution in [0.1, 0.15) is 38.7 Å². The number of likely N-dealkylation sites (tertiary alicyclic amines) is 1. The Bertz CT molecular complexity index is 485. The Labute approximate surface area is 119 Å². The van der Waals surface area contributed by atoms with Crippen LogP contribution in [0.15, 0.2) is 18.2 Å². The van der Waals surface area contributed by atoms with E-state index in [1.54, 1.807) is 12.1 Å². The van der Waals surface area contributed by atoms with Crippen LogP contribution in [-0.4, -0.2) is 17.4 Å². The van der Waals surface area contributed by atoms with Crippen LogP contribution in [0.25, 0.3) is 0 Å². The van der Waals surface area contributed by atoms with Gasteiger partial charge in [-0.15, -0.1) is 0 Å². The van der Waals surface area contributed by atoms with Crippen LogP contribution in [0.2, 0.25) is 5.02 Å². The number of hydrogen-bond acceptors (Lipinski definition) is 2. The third-order valence-corrected chi connectivity index (χ3v) is 4.13. The number of carbonyl (C=O) groups is 1. The highest BCUT2D eigenvalue weighted by molar-refractivity contribution is 6.30. The number of nitrogens with two attached hydrogens (primary N) is 1. The highest BCUT2D eigenvalue weighted by Crippen LogP contribution is 2.31. The second-order valence-corrected chi connectivity index (χ2v) is 6.51. The fourth-order valence-corrected chi connectivity index (χ4v) is 2.57. The maximum Gasteiger partial charge on any atom is 0.222 e. The Hall–Kier alpha value is -1.22. The van der Waals surface area contributed by atoms with Crippen molar-refractivity contribution in [2.75, 3.05) is 12.3 Å². The van der Waals surface area contributed by atoms with Crippen LogP contribution in [0.5, 0.6) is 0 Å². The number of carbonyl (C=O) groups excluding carboxylic acids is 1. The zero-order valence-electron chi connectivity index (χ0n) is 11.6. The molecule has 0 unspecified atom stereocenters. The maximum absolute atomic E-state index is 12.2. The predicted molar refractivity (Wildman–Crippen MR) is 78.9 cm³/mol. The van der Waals surface area contributed by atoms with E-state index in [-0.39, 0.29) is 11.3 Å². The van der Waals surface area contributed by atoms with Gasteiger partial charge in [-0.25, -0.2) is 0 Å². The molecule has 2 N–H and O–H groups in total. The molecule has 0 spiro atoms. The third kappa shape index (κ3) is 3.63. The molecule has 1 heterocycles.